The molecule has 20 heavy (non-hydrogen) atoms. The first-order chi connectivity index (χ1) is 9.60. The van der Waals surface area contributed by atoms with Gasteiger partial charge in [0.1, 0.15) is 5.75 Å². The maximum Gasteiger partial charge on any atom is 0.222 e. The Morgan fingerprint density at radius 1 is 1.15 bits per heavy atom. The summed E-state index contributed by atoms with van der Waals surface area (Å²) < 4.78 is 5.17. The summed E-state index contributed by atoms with van der Waals surface area (Å²) >= 11 is 0. The van der Waals surface area contributed by atoms with Crippen LogP contribution in [0.3, 0.4) is 0 Å². The molecule has 0 atom stereocenters. The van der Waals surface area contributed by atoms with Crippen LogP contribution in [-0.4, -0.2) is 44.1 Å². The van der Waals surface area contributed by atoms with E-state index in [9.17, 15) is 4.79 Å². The zero-order valence-corrected chi connectivity index (χ0v) is 12.6. The molecule has 1 heterocycles. The zero-order chi connectivity index (χ0) is 14.5. The normalized spacial score (nSPS) is 15.6. The highest BCUT2D eigenvalue weighted by Gasteiger charge is 2.21. The van der Waals surface area contributed by atoms with E-state index in [2.05, 4.69) is 30.9 Å². The number of piperazine rings is 1. The molecule has 1 aromatic carbocycles. The Hall–Kier alpha value is -1.71. The van der Waals surface area contributed by atoms with E-state index in [1.54, 1.807) is 7.11 Å². The van der Waals surface area contributed by atoms with Crippen LogP contribution in [0.2, 0.25) is 0 Å². The van der Waals surface area contributed by atoms with Crippen LogP contribution in [0, 0.1) is 5.92 Å². The molecule has 0 aromatic heterocycles. The van der Waals surface area contributed by atoms with Crippen LogP contribution in [-0.2, 0) is 4.79 Å². The fourth-order valence-corrected chi connectivity index (χ4v) is 2.49. The minimum atomic E-state index is 0.286. The summed E-state index contributed by atoms with van der Waals surface area (Å²) in [5.41, 5.74) is 1.20. The van der Waals surface area contributed by atoms with Crippen molar-refractivity contribution in [1.82, 2.24) is 4.90 Å². The van der Waals surface area contributed by atoms with Crippen LogP contribution in [0.15, 0.2) is 24.3 Å². The highest BCUT2D eigenvalue weighted by molar-refractivity contribution is 5.76. The van der Waals surface area contributed by atoms with Gasteiger partial charge in [0.05, 0.1) is 7.11 Å². The van der Waals surface area contributed by atoms with E-state index in [0.717, 1.165) is 31.9 Å². The summed E-state index contributed by atoms with van der Waals surface area (Å²) in [7, 11) is 1.67. The van der Waals surface area contributed by atoms with Crippen molar-refractivity contribution in [3.8, 4) is 5.75 Å². The molecule has 1 amide bonds. The van der Waals surface area contributed by atoms with Gasteiger partial charge in [-0.1, -0.05) is 13.8 Å². The van der Waals surface area contributed by atoms with E-state index in [4.69, 9.17) is 4.74 Å². The van der Waals surface area contributed by atoms with Crippen LogP contribution in [0.25, 0.3) is 0 Å². The molecule has 1 aliphatic rings. The van der Waals surface area contributed by atoms with Crippen LogP contribution in [0.1, 0.15) is 20.3 Å². The van der Waals surface area contributed by atoms with Gasteiger partial charge < -0.3 is 14.5 Å². The van der Waals surface area contributed by atoms with Crippen LogP contribution < -0.4 is 9.64 Å². The Kier molecular flexibility index (Phi) is 4.88. The molecule has 110 valence electrons. The third kappa shape index (κ3) is 3.65. The van der Waals surface area contributed by atoms with E-state index in [-0.39, 0.29) is 5.91 Å². The highest BCUT2D eigenvalue weighted by atomic mass is 16.5. The zero-order valence-electron chi connectivity index (χ0n) is 12.6. The Morgan fingerprint density at radius 3 is 2.25 bits per heavy atom. The van der Waals surface area contributed by atoms with Gasteiger partial charge in [-0.15, -0.1) is 0 Å². The molecular weight excluding hydrogens is 252 g/mol. The first-order valence-electron chi connectivity index (χ1n) is 7.27. The maximum absolute atomic E-state index is 12.0. The lowest BCUT2D eigenvalue weighted by atomic mass is 10.1. The van der Waals surface area contributed by atoms with Crippen molar-refractivity contribution in [2.75, 3.05) is 38.2 Å². The number of amides is 1. The van der Waals surface area contributed by atoms with E-state index >= 15 is 0 Å². The fraction of sp³-hybridized carbons (Fsp3) is 0.562. The average Bonchev–Trinajstić information content (AvgIpc) is 2.47. The molecule has 0 bridgehead atoms. The largest absolute Gasteiger partial charge is 0.497 e. The van der Waals surface area contributed by atoms with Gasteiger partial charge in [-0.3, -0.25) is 4.79 Å². The van der Waals surface area contributed by atoms with Gasteiger partial charge in [-0.2, -0.15) is 0 Å². The first kappa shape index (κ1) is 14.7. The summed E-state index contributed by atoms with van der Waals surface area (Å²) in [6.07, 6.45) is 0.655. The van der Waals surface area contributed by atoms with E-state index < -0.39 is 0 Å². The van der Waals surface area contributed by atoms with E-state index in [1.807, 2.05) is 17.0 Å². The van der Waals surface area contributed by atoms with Crippen LogP contribution in [0.4, 0.5) is 5.69 Å². The van der Waals surface area contributed by atoms with E-state index in [1.165, 1.54) is 5.69 Å². The summed E-state index contributed by atoms with van der Waals surface area (Å²) in [6.45, 7) is 7.61. The van der Waals surface area contributed by atoms with Crippen molar-refractivity contribution in [3.05, 3.63) is 24.3 Å². The van der Waals surface area contributed by atoms with Crippen LogP contribution >= 0.6 is 0 Å². The molecular formula is C16H24N2O2. The summed E-state index contributed by atoms with van der Waals surface area (Å²) in [5, 5.41) is 0. The molecule has 0 N–H and O–H groups in total. The lowest BCUT2D eigenvalue weighted by molar-refractivity contribution is -0.132. The third-order valence-electron chi connectivity index (χ3n) is 3.65. The molecule has 4 nitrogen and oxygen atoms in total. The topological polar surface area (TPSA) is 32.8 Å². The number of benzene rings is 1. The number of hydrogen-bond acceptors (Lipinski definition) is 3. The number of anilines is 1. The van der Waals surface area contributed by atoms with Gasteiger partial charge in [-0.05, 0) is 30.2 Å². The van der Waals surface area contributed by atoms with Crippen molar-refractivity contribution >= 4 is 11.6 Å². The molecule has 0 radical (unpaired) electrons. The Morgan fingerprint density at radius 2 is 1.75 bits per heavy atom. The smallest absolute Gasteiger partial charge is 0.222 e. The third-order valence-corrected chi connectivity index (χ3v) is 3.65. The molecule has 2 rings (SSSR count). The number of ether oxygens (including phenoxy) is 1. The number of methoxy groups -OCH3 is 1. The minimum absolute atomic E-state index is 0.286. The summed E-state index contributed by atoms with van der Waals surface area (Å²) in [6, 6.07) is 8.10. The number of carbonyl (C=O) groups excluding carboxylic acids is 1. The highest BCUT2D eigenvalue weighted by Crippen LogP contribution is 2.20. The standard InChI is InChI=1S/C16H24N2O2/c1-13(2)12-16(19)18-10-8-17(9-11-18)14-4-6-15(20-3)7-5-14/h4-7,13H,8-12H2,1-3H3. The van der Waals surface area contributed by atoms with E-state index in [0.29, 0.717) is 12.3 Å². The van der Waals surface area contributed by atoms with Crippen molar-refractivity contribution in [1.29, 1.82) is 0 Å². The predicted octanol–water partition coefficient (Wildman–Crippen LogP) is 2.39. The minimum Gasteiger partial charge on any atom is -0.497 e. The lowest BCUT2D eigenvalue weighted by Gasteiger charge is -2.36. The monoisotopic (exact) mass is 276 g/mol. The van der Waals surface area contributed by atoms with Crippen molar-refractivity contribution in [3.63, 3.8) is 0 Å². The number of carbonyl (C=O) groups is 1. The molecule has 1 fully saturated rings. The van der Waals surface area contributed by atoms with Crippen molar-refractivity contribution < 1.29 is 9.53 Å². The summed E-state index contributed by atoms with van der Waals surface area (Å²) in [4.78, 5) is 16.3. The Labute approximate surface area is 121 Å². The predicted molar refractivity (Wildman–Crippen MR) is 81.2 cm³/mol. The number of rotatable bonds is 4. The Balaban J connectivity index is 1.88. The van der Waals surface area contributed by atoms with Crippen molar-refractivity contribution in [2.24, 2.45) is 5.92 Å². The quantitative estimate of drug-likeness (QED) is 0.846. The first-order valence-corrected chi connectivity index (χ1v) is 7.27. The van der Waals surface area contributed by atoms with Gasteiger partial charge >= 0.3 is 0 Å². The molecule has 0 saturated carbocycles. The second-order valence-corrected chi connectivity index (χ2v) is 5.66. The van der Waals surface area contributed by atoms with Gasteiger partial charge in [0, 0.05) is 38.3 Å². The van der Waals surface area contributed by atoms with Crippen molar-refractivity contribution in [2.45, 2.75) is 20.3 Å². The summed E-state index contributed by atoms with van der Waals surface area (Å²) in [5.74, 6) is 1.59. The number of nitrogens with zero attached hydrogens (tertiary/aromatic N) is 2. The molecule has 0 spiro atoms. The molecule has 0 aliphatic carbocycles. The van der Waals surface area contributed by atoms with Gasteiger partial charge in [-0.25, -0.2) is 0 Å². The average molecular weight is 276 g/mol. The number of hydrogen-bond donors (Lipinski definition) is 0. The fourth-order valence-electron chi connectivity index (χ4n) is 2.49. The SMILES string of the molecule is COc1ccc(N2CCN(C(=O)CC(C)C)CC2)cc1. The second kappa shape index (κ2) is 6.64. The van der Waals surface area contributed by atoms with Gasteiger partial charge in [0.2, 0.25) is 5.91 Å². The van der Waals surface area contributed by atoms with Gasteiger partial charge in [0.15, 0.2) is 0 Å². The maximum atomic E-state index is 12.0. The second-order valence-electron chi connectivity index (χ2n) is 5.66. The molecule has 0 unspecified atom stereocenters. The lowest BCUT2D eigenvalue weighted by Crippen LogP contribution is -2.49. The van der Waals surface area contributed by atoms with Gasteiger partial charge in [0.25, 0.3) is 0 Å². The molecule has 1 aromatic rings. The Bertz CT molecular complexity index is 434. The molecule has 1 aliphatic heterocycles. The van der Waals surface area contributed by atoms with Crippen LogP contribution in [0.5, 0.6) is 5.75 Å². The molecule has 1 saturated heterocycles. The molecule has 4 heteroatoms.